The lowest BCUT2D eigenvalue weighted by Gasteiger charge is -2.19. The Morgan fingerprint density at radius 1 is 1.11 bits per heavy atom. The normalized spacial score (nSPS) is 17.0. The fourth-order valence-corrected chi connectivity index (χ4v) is 3.38. The quantitative estimate of drug-likeness (QED) is 0.637. The summed E-state index contributed by atoms with van der Waals surface area (Å²) in [5.74, 6) is 0.475. The van der Waals surface area contributed by atoms with Gasteiger partial charge in [0.2, 0.25) is 0 Å². The van der Waals surface area contributed by atoms with Crippen LogP contribution in [0.2, 0.25) is 0 Å². The first kappa shape index (κ1) is 18.0. The van der Waals surface area contributed by atoms with E-state index in [9.17, 15) is 9.59 Å². The Morgan fingerprint density at radius 2 is 1.86 bits per heavy atom. The van der Waals surface area contributed by atoms with Crippen molar-refractivity contribution in [3.8, 4) is 0 Å². The van der Waals surface area contributed by atoms with E-state index in [-0.39, 0.29) is 11.9 Å². The lowest BCUT2D eigenvalue weighted by molar-refractivity contribution is -0.119. The summed E-state index contributed by atoms with van der Waals surface area (Å²) in [6.45, 7) is 6.30. The third-order valence-corrected chi connectivity index (χ3v) is 5.06. The van der Waals surface area contributed by atoms with E-state index in [1.54, 1.807) is 22.7 Å². The summed E-state index contributed by atoms with van der Waals surface area (Å²) in [5.41, 5.74) is 3.17. The average molecular weight is 379 g/mol. The van der Waals surface area contributed by atoms with Crippen LogP contribution in [0.4, 0.5) is 10.5 Å². The monoisotopic (exact) mass is 379 g/mol. The summed E-state index contributed by atoms with van der Waals surface area (Å²) >= 11 is 0. The zero-order valence-corrected chi connectivity index (χ0v) is 16.0. The molecule has 0 bridgehead atoms. The molecule has 0 aliphatic carbocycles. The van der Waals surface area contributed by atoms with Crippen LogP contribution in [0.1, 0.15) is 29.5 Å². The number of nitrogens with zero attached hydrogens (tertiary/aromatic N) is 5. The molecule has 28 heavy (non-hydrogen) atoms. The van der Waals surface area contributed by atoms with Crippen LogP contribution >= 0.6 is 0 Å². The topological polar surface area (TPSA) is 84.5 Å². The van der Waals surface area contributed by atoms with Gasteiger partial charge in [0.05, 0.1) is 24.1 Å². The third-order valence-electron chi connectivity index (χ3n) is 5.06. The molecule has 8 heteroatoms. The molecule has 1 aliphatic heterocycles. The second-order valence-electron chi connectivity index (χ2n) is 6.94. The van der Waals surface area contributed by atoms with Crippen LogP contribution in [0.15, 0.2) is 47.2 Å². The zero-order valence-electron chi connectivity index (χ0n) is 16.0. The maximum atomic E-state index is 12.9. The van der Waals surface area contributed by atoms with Crippen molar-refractivity contribution in [3.05, 3.63) is 65.3 Å². The van der Waals surface area contributed by atoms with Crippen LogP contribution in [0.3, 0.4) is 0 Å². The first-order valence-corrected chi connectivity index (χ1v) is 9.08. The molecular weight excluding hydrogens is 358 g/mol. The number of aryl methyl sites for hydroxylation is 2. The van der Waals surface area contributed by atoms with Crippen LogP contribution in [0.5, 0.6) is 0 Å². The summed E-state index contributed by atoms with van der Waals surface area (Å²) in [6.07, 6.45) is 3.23. The Hall–Kier alpha value is -3.42. The van der Waals surface area contributed by atoms with Gasteiger partial charge in [-0.15, -0.1) is 0 Å². The van der Waals surface area contributed by atoms with Gasteiger partial charge in [-0.05, 0) is 26.3 Å². The summed E-state index contributed by atoms with van der Waals surface area (Å²) < 4.78 is 6.85. The van der Waals surface area contributed by atoms with Gasteiger partial charge in [0.15, 0.2) is 0 Å². The molecule has 1 saturated heterocycles. The Bertz CT molecular complexity index is 1000. The minimum absolute atomic E-state index is 0.252. The van der Waals surface area contributed by atoms with Crippen molar-refractivity contribution in [2.45, 2.75) is 39.9 Å². The number of urea groups is 1. The molecule has 1 fully saturated rings. The van der Waals surface area contributed by atoms with Gasteiger partial charge in [0.1, 0.15) is 11.8 Å². The van der Waals surface area contributed by atoms with E-state index in [0.717, 1.165) is 22.6 Å². The smallest absolute Gasteiger partial charge is 0.332 e. The van der Waals surface area contributed by atoms with E-state index in [0.29, 0.717) is 18.8 Å². The number of aromatic nitrogens is 3. The number of hydrogen-bond acceptors (Lipinski definition) is 5. The predicted molar refractivity (Wildman–Crippen MR) is 102 cm³/mol. The van der Waals surface area contributed by atoms with Gasteiger partial charge in [-0.2, -0.15) is 5.10 Å². The van der Waals surface area contributed by atoms with E-state index < -0.39 is 6.04 Å². The Kier molecular flexibility index (Phi) is 4.46. The van der Waals surface area contributed by atoms with Crippen LogP contribution in [0.25, 0.3) is 0 Å². The molecule has 0 unspecified atom stereocenters. The second-order valence-corrected chi connectivity index (χ2v) is 6.94. The lowest BCUT2D eigenvalue weighted by atomic mass is 10.2. The molecule has 0 radical (unpaired) electrons. The molecule has 1 aromatic carbocycles. The van der Waals surface area contributed by atoms with Crippen molar-refractivity contribution in [3.63, 3.8) is 0 Å². The number of carbonyl (C=O) groups excluding carboxylic acids is 2. The number of hydrogen-bond donors (Lipinski definition) is 0. The first-order valence-electron chi connectivity index (χ1n) is 9.08. The highest BCUT2D eigenvalue weighted by Gasteiger charge is 2.43. The van der Waals surface area contributed by atoms with E-state index in [1.807, 2.05) is 44.2 Å². The maximum Gasteiger partial charge on any atom is 0.332 e. The van der Waals surface area contributed by atoms with Crippen molar-refractivity contribution in [2.24, 2.45) is 0 Å². The minimum atomic E-state index is -0.529. The molecule has 8 nitrogen and oxygen atoms in total. The number of imide groups is 1. The molecule has 2 aromatic heterocycles. The standard InChI is InChI=1S/C20H21N5O3/c1-13-18(15(3)28-22-13)12-23-11-17(9-21-23)25-19(26)14(2)24(20(25)27)10-16-7-5-4-6-8-16/h4-9,11,14H,10,12H2,1-3H3/t14-/m1/s1. The molecule has 1 atom stereocenters. The van der Waals surface area contributed by atoms with Gasteiger partial charge in [-0.3, -0.25) is 9.48 Å². The van der Waals surface area contributed by atoms with Gasteiger partial charge in [0, 0.05) is 18.3 Å². The average Bonchev–Trinajstić information content (AvgIpc) is 3.33. The van der Waals surface area contributed by atoms with Crippen LogP contribution in [-0.2, 0) is 17.9 Å². The van der Waals surface area contributed by atoms with Crippen LogP contribution in [0, 0.1) is 13.8 Å². The van der Waals surface area contributed by atoms with Crippen molar-refractivity contribution in [1.29, 1.82) is 0 Å². The Balaban J connectivity index is 1.55. The van der Waals surface area contributed by atoms with Gasteiger partial charge in [-0.1, -0.05) is 35.5 Å². The predicted octanol–water partition coefficient (Wildman–Crippen LogP) is 2.89. The van der Waals surface area contributed by atoms with E-state index in [2.05, 4.69) is 10.3 Å². The number of carbonyl (C=O) groups is 2. The molecule has 0 saturated carbocycles. The SMILES string of the molecule is Cc1noc(C)c1Cn1cc(N2C(=O)[C@@H](C)N(Cc3ccccc3)C2=O)cn1. The van der Waals surface area contributed by atoms with E-state index in [1.165, 1.54) is 11.1 Å². The van der Waals surface area contributed by atoms with E-state index in [4.69, 9.17) is 4.52 Å². The summed E-state index contributed by atoms with van der Waals surface area (Å²) in [6, 6.07) is 8.77. The van der Waals surface area contributed by atoms with Gasteiger partial charge < -0.3 is 9.42 Å². The lowest BCUT2D eigenvalue weighted by Crippen LogP contribution is -2.33. The molecule has 0 N–H and O–H groups in total. The van der Waals surface area contributed by atoms with Gasteiger partial charge in [0.25, 0.3) is 5.91 Å². The summed E-state index contributed by atoms with van der Waals surface area (Å²) in [5, 5.41) is 8.24. The van der Waals surface area contributed by atoms with Crippen molar-refractivity contribution in [1.82, 2.24) is 19.8 Å². The van der Waals surface area contributed by atoms with Crippen molar-refractivity contribution < 1.29 is 14.1 Å². The van der Waals surface area contributed by atoms with E-state index >= 15 is 0 Å². The number of rotatable bonds is 5. The highest BCUT2D eigenvalue weighted by molar-refractivity contribution is 6.21. The largest absolute Gasteiger partial charge is 0.361 e. The summed E-state index contributed by atoms with van der Waals surface area (Å²) in [7, 11) is 0. The number of benzene rings is 1. The molecule has 0 spiro atoms. The second kappa shape index (κ2) is 6.95. The Labute approximate surface area is 162 Å². The van der Waals surface area contributed by atoms with Gasteiger partial charge >= 0.3 is 6.03 Å². The van der Waals surface area contributed by atoms with Crippen LogP contribution < -0.4 is 4.90 Å². The summed E-state index contributed by atoms with van der Waals surface area (Å²) in [4.78, 5) is 28.5. The molecule has 144 valence electrons. The van der Waals surface area contributed by atoms with Gasteiger partial charge in [-0.25, -0.2) is 9.69 Å². The fraction of sp³-hybridized carbons (Fsp3) is 0.300. The minimum Gasteiger partial charge on any atom is -0.361 e. The molecule has 3 aromatic rings. The molecule has 1 aliphatic rings. The highest BCUT2D eigenvalue weighted by Crippen LogP contribution is 2.26. The Morgan fingerprint density at radius 3 is 2.54 bits per heavy atom. The highest BCUT2D eigenvalue weighted by atomic mass is 16.5. The number of amides is 3. The first-order chi connectivity index (χ1) is 13.5. The molecule has 3 amide bonds. The molecule has 4 rings (SSSR count). The number of anilines is 1. The third kappa shape index (κ3) is 3.06. The zero-order chi connectivity index (χ0) is 19.8. The van der Waals surface area contributed by atoms with Crippen molar-refractivity contribution >= 4 is 17.6 Å². The molecule has 3 heterocycles. The van der Waals surface area contributed by atoms with Crippen molar-refractivity contribution in [2.75, 3.05) is 4.90 Å². The fourth-order valence-electron chi connectivity index (χ4n) is 3.38. The maximum absolute atomic E-state index is 12.9. The molecular formula is C20H21N5O3. The van der Waals surface area contributed by atoms with Crippen LogP contribution in [-0.4, -0.2) is 37.8 Å².